The van der Waals surface area contributed by atoms with Crippen molar-refractivity contribution in [2.45, 2.75) is 31.6 Å². The van der Waals surface area contributed by atoms with Crippen molar-refractivity contribution in [3.8, 4) is 0 Å². The van der Waals surface area contributed by atoms with Crippen LogP contribution in [0.2, 0.25) is 0 Å². The number of carbonyl (C=O) groups is 2. The third kappa shape index (κ3) is 2.86. The zero-order chi connectivity index (χ0) is 18.2. The van der Waals surface area contributed by atoms with Crippen LogP contribution in [0, 0.1) is 0 Å². The summed E-state index contributed by atoms with van der Waals surface area (Å²) >= 11 is 0. The first kappa shape index (κ1) is 17.0. The number of hydrogen-bond acceptors (Lipinski definition) is 3. The summed E-state index contributed by atoms with van der Waals surface area (Å²) in [6.07, 6.45) is 1.48. The predicted molar refractivity (Wildman–Crippen MR) is 93.1 cm³/mol. The third-order valence-electron chi connectivity index (χ3n) is 4.91. The van der Waals surface area contributed by atoms with Crippen molar-refractivity contribution in [1.29, 1.82) is 0 Å². The first-order valence-corrected chi connectivity index (χ1v) is 8.27. The predicted octanol–water partition coefficient (Wildman–Crippen LogP) is 0.634. The number of nitrogens with one attached hydrogen (secondary N) is 2. The molecule has 0 unspecified atom stereocenters. The van der Waals surface area contributed by atoms with E-state index in [1.807, 2.05) is 24.3 Å². The molecule has 7 nitrogen and oxygen atoms in total. The van der Waals surface area contributed by atoms with Gasteiger partial charge in [0.2, 0.25) is 11.8 Å². The molecule has 1 aliphatic heterocycles. The number of H-pyrrole nitrogens is 2. The highest BCUT2D eigenvalue weighted by molar-refractivity contribution is 5.92. The van der Waals surface area contributed by atoms with Gasteiger partial charge in [-0.15, -0.1) is 0 Å². The second-order valence-electron chi connectivity index (χ2n) is 6.88. The van der Waals surface area contributed by atoms with E-state index in [0.717, 1.165) is 11.1 Å². The average molecular weight is 342 g/mol. The summed E-state index contributed by atoms with van der Waals surface area (Å²) in [5.74, 6) is -0.372. The standard InChI is InChI=1S/C18H22N4O3/c1-11(2)13-5-3-4-6-14(13)18(17(19)25)9-22(10-18)15(23)7-12-8-20-21-16(12)24/h3-6,8,11H,7,9-10H2,1-2H3,(H2,19,25)(H2,20,21,24). The summed E-state index contributed by atoms with van der Waals surface area (Å²) in [6, 6.07) is 7.73. The van der Waals surface area contributed by atoms with E-state index in [-0.39, 0.29) is 36.9 Å². The van der Waals surface area contributed by atoms with Crippen LogP contribution in [0.4, 0.5) is 0 Å². The molecule has 1 aromatic carbocycles. The molecule has 0 saturated carbocycles. The zero-order valence-corrected chi connectivity index (χ0v) is 14.3. The Kier molecular flexibility index (Phi) is 4.24. The minimum atomic E-state index is -0.860. The number of likely N-dealkylation sites (tertiary alicyclic amines) is 1. The highest BCUT2D eigenvalue weighted by atomic mass is 16.2. The van der Waals surface area contributed by atoms with Crippen LogP contribution in [-0.4, -0.2) is 40.0 Å². The van der Waals surface area contributed by atoms with Crippen molar-refractivity contribution in [1.82, 2.24) is 15.1 Å². The first-order chi connectivity index (χ1) is 11.8. The Bertz CT molecular complexity index is 859. The quantitative estimate of drug-likeness (QED) is 0.741. The highest BCUT2D eigenvalue weighted by Crippen LogP contribution is 2.38. The van der Waals surface area contributed by atoms with Crippen LogP contribution in [0.3, 0.4) is 0 Å². The van der Waals surface area contributed by atoms with Crippen molar-refractivity contribution in [3.05, 3.63) is 57.5 Å². The molecule has 2 heterocycles. The number of primary amides is 1. The third-order valence-corrected chi connectivity index (χ3v) is 4.91. The van der Waals surface area contributed by atoms with Gasteiger partial charge in [0.25, 0.3) is 5.56 Å². The van der Waals surface area contributed by atoms with E-state index in [2.05, 4.69) is 24.0 Å². The molecule has 7 heteroatoms. The van der Waals surface area contributed by atoms with Gasteiger partial charge >= 0.3 is 0 Å². The maximum Gasteiger partial charge on any atom is 0.267 e. The minimum absolute atomic E-state index is 0.000493. The van der Waals surface area contributed by atoms with Crippen molar-refractivity contribution >= 4 is 11.8 Å². The fourth-order valence-electron chi connectivity index (χ4n) is 3.42. The molecule has 25 heavy (non-hydrogen) atoms. The lowest BCUT2D eigenvalue weighted by Crippen LogP contribution is -2.67. The van der Waals surface area contributed by atoms with Crippen LogP contribution in [0.5, 0.6) is 0 Å². The summed E-state index contributed by atoms with van der Waals surface area (Å²) in [6.45, 7) is 4.61. The minimum Gasteiger partial charge on any atom is -0.369 e. The van der Waals surface area contributed by atoms with Crippen molar-refractivity contribution in [3.63, 3.8) is 0 Å². The van der Waals surface area contributed by atoms with E-state index in [4.69, 9.17) is 5.73 Å². The fraction of sp³-hybridized carbons (Fsp3) is 0.389. The SMILES string of the molecule is CC(C)c1ccccc1C1(C(N)=O)CN(C(=O)Cc2c[nH][nH]c2=O)C1. The Hall–Kier alpha value is -2.83. The molecule has 0 bridgehead atoms. The van der Waals surface area contributed by atoms with Crippen LogP contribution in [-0.2, 0) is 21.4 Å². The maximum absolute atomic E-state index is 12.4. The van der Waals surface area contributed by atoms with Gasteiger partial charge in [-0.3, -0.25) is 19.5 Å². The number of aromatic amines is 2. The Morgan fingerprint density at radius 1 is 1.28 bits per heavy atom. The number of nitrogens with zero attached hydrogens (tertiary/aromatic N) is 1. The summed E-state index contributed by atoms with van der Waals surface area (Å²) in [4.78, 5) is 37.8. The highest BCUT2D eigenvalue weighted by Gasteiger charge is 2.52. The number of nitrogens with two attached hydrogens (primary N) is 1. The second kappa shape index (κ2) is 6.23. The largest absolute Gasteiger partial charge is 0.369 e. The Labute approximate surface area is 145 Å². The monoisotopic (exact) mass is 342 g/mol. The van der Waals surface area contributed by atoms with Gasteiger partial charge in [-0.1, -0.05) is 38.1 Å². The molecule has 0 aliphatic carbocycles. The molecule has 3 rings (SSSR count). The molecule has 0 radical (unpaired) electrons. The molecule has 1 saturated heterocycles. The maximum atomic E-state index is 12.4. The Morgan fingerprint density at radius 3 is 2.52 bits per heavy atom. The van der Waals surface area contributed by atoms with Crippen LogP contribution < -0.4 is 11.3 Å². The second-order valence-corrected chi connectivity index (χ2v) is 6.88. The summed E-state index contributed by atoms with van der Waals surface area (Å²) < 4.78 is 0. The number of aromatic nitrogens is 2. The Balaban J connectivity index is 1.82. The van der Waals surface area contributed by atoms with Crippen LogP contribution in [0.15, 0.2) is 35.3 Å². The number of carbonyl (C=O) groups excluding carboxylic acids is 2. The van der Waals surface area contributed by atoms with Crippen molar-refractivity contribution in [2.24, 2.45) is 5.73 Å². The van der Waals surface area contributed by atoms with Gasteiger partial charge in [0, 0.05) is 24.8 Å². The molecule has 0 atom stereocenters. The fourth-order valence-corrected chi connectivity index (χ4v) is 3.42. The lowest BCUT2D eigenvalue weighted by molar-refractivity contribution is -0.144. The van der Waals surface area contributed by atoms with Crippen molar-refractivity contribution in [2.75, 3.05) is 13.1 Å². The van der Waals surface area contributed by atoms with Gasteiger partial charge < -0.3 is 15.7 Å². The molecular weight excluding hydrogens is 320 g/mol. The Morgan fingerprint density at radius 2 is 1.96 bits per heavy atom. The average Bonchev–Trinajstić information content (AvgIpc) is 2.91. The zero-order valence-electron chi connectivity index (χ0n) is 14.3. The van der Waals surface area contributed by atoms with E-state index in [9.17, 15) is 14.4 Å². The molecular formula is C18H22N4O3. The summed E-state index contributed by atoms with van der Waals surface area (Å²) in [7, 11) is 0. The normalized spacial score (nSPS) is 15.9. The van der Waals surface area contributed by atoms with Crippen LogP contribution in [0.1, 0.15) is 36.5 Å². The molecule has 1 aliphatic rings. The van der Waals surface area contributed by atoms with Gasteiger partial charge in [-0.2, -0.15) is 0 Å². The number of hydrogen-bond donors (Lipinski definition) is 3. The van der Waals surface area contributed by atoms with Gasteiger partial charge in [0.1, 0.15) is 5.41 Å². The lowest BCUT2D eigenvalue weighted by atomic mass is 9.70. The van der Waals surface area contributed by atoms with Gasteiger partial charge in [0.15, 0.2) is 0 Å². The van der Waals surface area contributed by atoms with Gasteiger partial charge in [-0.25, -0.2) is 0 Å². The lowest BCUT2D eigenvalue weighted by Gasteiger charge is -2.49. The van der Waals surface area contributed by atoms with Gasteiger partial charge in [0.05, 0.1) is 6.42 Å². The van der Waals surface area contributed by atoms with Gasteiger partial charge in [-0.05, 0) is 17.0 Å². The van der Waals surface area contributed by atoms with Crippen molar-refractivity contribution < 1.29 is 9.59 Å². The summed E-state index contributed by atoms with van der Waals surface area (Å²) in [5, 5.41) is 4.98. The summed E-state index contributed by atoms with van der Waals surface area (Å²) in [5.41, 5.74) is 6.89. The number of rotatable bonds is 5. The first-order valence-electron chi connectivity index (χ1n) is 8.27. The molecule has 0 spiro atoms. The van der Waals surface area contributed by atoms with Crippen LogP contribution in [0.25, 0.3) is 0 Å². The van der Waals surface area contributed by atoms with E-state index >= 15 is 0 Å². The van der Waals surface area contributed by atoms with E-state index in [0.29, 0.717) is 5.56 Å². The molecule has 4 N–H and O–H groups in total. The molecule has 1 aromatic heterocycles. The van der Waals surface area contributed by atoms with Crippen LogP contribution >= 0.6 is 0 Å². The topological polar surface area (TPSA) is 112 Å². The smallest absolute Gasteiger partial charge is 0.267 e. The number of benzene rings is 1. The van der Waals surface area contributed by atoms with E-state index in [1.54, 1.807) is 4.90 Å². The molecule has 1 fully saturated rings. The molecule has 2 amide bonds. The van der Waals surface area contributed by atoms with E-state index < -0.39 is 11.3 Å². The molecule has 2 aromatic rings. The van der Waals surface area contributed by atoms with E-state index in [1.165, 1.54) is 6.20 Å². The number of amides is 2. The molecule has 132 valence electrons.